The van der Waals surface area contributed by atoms with Crippen molar-refractivity contribution in [2.24, 2.45) is 5.92 Å². The van der Waals surface area contributed by atoms with Gasteiger partial charge in [0.15, 0.2) is 0 Å². The monoisotopic (exact) mass is 230 g/mol. The van der Waals surface area contributed by atoms with Crippen molar-refractivity contribution in [3.63, 3.8) is 0 Å². The SMILES string of the molecule is CCc1ccc2c(CC(=O)C(C)C)coc2c1. The topological polar surface area (TPSA) is 30.2 Å². The fraction of sp³-hybridized carbons (Fsp3) is 0.400. The van der Waals surface area contributed by atoms with Crippen molar-refractivity contribution >= 4 is 16.8 Å². The molecule has 0 aliphatic heterocycles. The average Bonchev–Trinajstić information content (AvgIpc) is 2.71. The fourth-order valence-electron chi connectivity index (χ4n) is 1.88. The van der Waals surface area contributed by atoms with E-state index < -0.39 is 0 Å². The fourth-order valence-corrected chi connectivity index (χ4v) is 1.88. The van der Waals surface area contributed by atoms with Crippen molar-refractivity contribution in [3.8, 4) is 0 Å². The molecule has 0 N–H and O–H groups in total. The molecule has 0 amide bonds. The van der Waals surface area contributed by atoms with Crippen LogP contribution in [-0.2, 0) is 17.6 Å². The number of rotatable bonds is 4. The Bertz CT molecular complexity index is 535. The Balaban J connectivity index is 2.33. The maximum absolute atomic E-state index is 11.7. The third kappa shape index (κ3) is 2.41. The third-order valence-electron chi connectivity index (χ3n) is 3.14. The highest BCUT2D eigenvalue weighted by molar-refractivity contribution is 5.89. The van der Waals surface area contributed by atoms with E-state index in [1.165, 1.54) is 5.56 Å². The summed E-state index contributed by atoms with van der Waals surface area (Å²) in [5.74, 6) is 0.335. The zero-order chi connectivity index (χ0) is 12.4. The van der Waals surface area contributed by atoms with E-state index in [0.717, 1.165) is 23.0 Å². The first-order valence-electron chi connectivity index (χ1n) is 6.13. The Kier molecular flexibility index (Phi) is 3.32. The summed E-state index contributed by atoms with van der Waals surface area (Å²) in [6.07, 6.45) is 3.18. The zero-order valence-electron chi connectivity index (χ0n) is 10.6. The maximum Gasteiger partial charge on any atom is 0.139 e. The summed E-state index contributed by atoms with van der Waals surface area (Å²) in [5, 5.41) is 1.07. The molecule has 0 unspecified atom stereocenters. The highest BCUT2D eigenvalue weighted by Crippen LogP contribution is 2.23. The molecular weight excluding hydrogens is 212 g/mol. The van der Waals surface area contributed by atoms with Crippen LogP contribution in [0.3, 0.4) is 0 Å². The largest absolute Gasteiger partial charge is 0.464 e. The number of benzene rings is 1. The molecule has 0 spiro atoms. The number of hydrogen-bond acceptors (Lipinski definition) is 2. The lowest BCUT2D eigenvalue weighted by atomic mass is 10.00. The maximum atomic E-state index is 11.7. The number of fused-ring (bicyclic) bond motifs is 1. The lowest BCUT2D eigenvalue weighted by molar-refractivity contribution is -0.121. The van der Waals surface area contributed by atoms with Crippen molar-refractivity contribution in [2.45, 2.75) is 33.6 Å². The zero-order valence-corrected chi connectivity index (χ0v) is 10.6. The summed E-state index contributed by atoms with van der Waals surface area (Å²) in [5.41, 5.74) is 3.14. The number of ketones is 1. The minimum Gasteiger partial charge on any atom is -0.464 e. The van der Waals surface area contributed by atoms with Gasteiger partial charge in [0.25, 0.3) is 0 Å². The minimum absolute atomic E-state index is 0.0786. The Morgan fingerprint density at radius 2 is 2.12 bits per heavy atom. The van der Waals surface area contributed by atoms with Crippen LogP contribution in [0.5, 0.6) is 0 Å². The van der Waals surface area contributed by atoms with Crippen LogP contribution in [0.4, 0.5) is 0 Å². The van der Waals surface area contributed by atoms with Gasteiger partial charge >= 0.3 is 0 Å². The van der Waals surface area contributed by atoms with Crippen molar-refractivity contribution in [3.05, 3.63) is 35.6 Å². The van der Waals surface area contributed by atoms with Crippen LogP contribution in [0.1, 0.15) is 31.9 Å². The molecule has 90 valence electrons. The molecule has 17 heavy (non-hydrogen) atoms. The van der Waals surface area contributed by atoms with Gasteiger partial charge in [0.05, 0.1) is 6.26 Å². The Morgan fingerprint density at radius 3 is 2.76 bits per heavy atom. The highest BCUT2D eigenvalue weighted by Gasteiger charge is 2.13. The van der Waals surface area contributed by atoms with Crippen LogP contribution in [0.15, 0.2) is 28.9 Å². The summed E-state index contributed by atoms with van der Waals surface area (Å²) in [6, 6.07) is 6.21. The van der Waals surface area contributed by atoms with Gasteiger partial charge in [-0.2, -0.15) is 0 Å². The summed E-state index contributed by atoms with van der Waals surface area (Å²) >= 11 is 0. The molecule has 2 heteroatoms. The number of hydrogen-bond donors (Lipinski definition) is 0. The lowest BCUT2D eigenvalue weighted by Gasteiger charge is -2.02. The standard InChI is InChI=1S/C15H18O2/c1-4-11-5-6-13-12(8-14(16)10(2)3)9-17-15(13)7-11/h5-7,9-10H,4,8H2,1-3H3. The Morgan fingerprint density at radius 1 is 1.35 bits per heavy atom. The second kappa shape index (κ2) is 4.74. The van der Waals surface area contributed by atoms with E-state index in [1.807, 2.05) is 13.8 Å². The molecule has 2 nitrogen and oxygen atoms in total. The molecule has 1 heterocycles. The van der Waals surface area contributed by atoms with E-state index in [1.54, 1.807) is 6.26 Å². The van der Waals surface area contributed by atoms with Gasteiger partial charge in [-0.1, -0.05) is 32.9 Å². The Hall–Kier alpha value is -1.57. The minimum atomic E-state index is 0.0786. The predicted molar refractivity (Wildman–Crippen MR) is 69.1 cm³/mol. The lowest BCUT2D eigenvalue weighted by Crippen LogP contribution is -2.09. The van der Waals surface area contributed by atoms with Crippen molar-refractivity contribution in [2.75, 3.05) is 0 Å². The number of carbonyl (C=O) groups is 1. The molecule has 0 aliphatic rings. The van der Waals surface area contributed by atoms with Gasteiger partial charge in [0.2, 0.25) is 0 Å². The van der Waals surface area contributed by atoms with Gasteiger partial charge in [-0.25, -0.2) is 0 Å². The van der Waals surface area contributed by atoms with E-state index in [0.29, 0.717) is 6.42 Å². The van der Waals surface area contributed by atoms with Crippen molar-refractivity contribution in [1.82, 2.24) is 0 Å². The first-order valence-corrected chi connectivity index (χ1v) is 6.13. The van der Waals surface area contributed by atoms with Crippen LogP contribution < -0.4 is 0 Å². The van der Waals surface area contributed by atoms with E-state index in [-0.39, 0.29) is 11.7 Å². The van der Waals surface area contributed by atoms with Crippen LogP contribution in [-0.4, -0.2) is 5.78 Å². The average molecular weight is 230 g/mol. The van der Waals surface area contributed by atoms with Crippen LogP contribution in [0.25, 0.3) is 11.0 Å². The molecule has 1 aromatic heterocycles. The second-order valence-electron chi connectivity index (χ2n) is 4.74. The van der Waals surface area contributed by atoms with Gasteiger partial charge in [-0.3, -0.25) is 4.79 Å². The molecule has 0 bridgehead atoms. The van der Waals surface area contributed by atoms with Gasteiger partial charge in [0.1, 0.15) is 11.4 Å². The summed E-state index contributed by atoms with van der Waals surface area (Å²) in [4.78, 5) is 11.7. The molecule has 1 aromatic carbocycles. The van der Waals surface area contributed by atoms with E-state index in [9.17, 15) is 4.79 Å². The van der Waals surface area contributed by atoms with Crippen LogP contribution >= 0.6 is 0 Å². The van der Waals surface area contributed by atoms with Gasteiger partial charge in [-0.05, 0) is 18.1 Å². The second-order valence-corrected chi connectivity index (χ2v) is 4.74. The number of aryl methyl sites for hydroxylation is 1. The van der Waals surface area contributed by atoms with E-state index in [4.69, 9.17) is 4.42 Å². The van der Waals surface area contributed by atoms with Gasteiger partial charge in [-0.15, -0.1) is 0 Å². The smallest absolute Gasteiger partial charge is 0.139 e. The predicted octanol–water partition coefficient (Wildman–Crippen LogP) is 3.76. The molecule has 2 rings (SSSR count). The summed E-state index contributed by atoms with van der Waals surface area (Å²) in [6.45, 7) is 5.98. The van der Waals surface area contributed by atoms with Crippen molar-refractivity contribution in [1.29, 1.82) is 0 Å². The molecule has 0 atom stereocenters. The molecule has 0 fully saturated rings. The van der Waals surface area contributed by atoms with Crippen molar-refractivity contribution < 1.29 is 9.21 Å². The third-order valence-corrected chi connectivity index (χ3v) is 3.14. The number of furan rings is 1. The highest BCUT2D eigenvalue weighted by atomic mass is 16.3. The first-order chi connectivity index (χ1) is 8.11. The Labute approximate surface area is 102 Å². The van der Waals surface area contributed by atoms with Gasteiger partial charge in [0, 0.05) is 23.3 Å². The quantitative estimate of drug-likeness (QED) is 0.800. The molecule has 0 saturated heterocycles. The summed E-state index contributed by atoms with van der Waals surface area (Å²) in [7, 11) is 0. The first kappa shape index (κ1) is 11.9. The molecule has 0 radical (unpaired) electrons. The van der Waals surface area contributed by atoms with Crippen LogP contribution in [0, 0.1) is 5.92 Å². The van der Waals surface area contributed by atoms with Crippen LogP contribution in [0.2, 0.25) is 0 Å². The summed E-state index contributed by atoms with van der Waals surface area (Å²) < 4.78 is 5.52. The molecule has 2 aromatic rings. The number of carbonyl (C=O) groups excluding carboxylic acids is 1. The molecule has 0 saturated carbocycles. The molecule has 0 aliphatic carbocycles. The van der Waals surface area contributed by atoms with E-state index in [2.05, 4.69) is 25.1 Å². The normalized spacial score (nSPS) is 11.3. The molecular formula is C15H18O2. The number of Topliss-reactive ketones (excluding diaryl/α,β-unsaturated/α-hetero) is 1. The van der Waals surface area contributed by atoms with Gasteiger partial charge < -0.3 is 4.42 Å². The van der Waals surface area contributed by atoms with E-state index >= 15 is 0 Å².